The molecule has 3 rings (SSSR count). The fourth-order valence-corrected chi connectivity index (χ4v) is 3.40. The lowest BCUT2D eigenvalue weighted by molar-refractivity contribution is 0.122. The molecule has 150 valence electrons. The second kappa shape index (κ2) is 10.7. The van der Waals surface area contributed by atoms with Crippen molar-refractivity contribution in [1.29, 1.82) is 0 Å². The Hall–Kier alpha value is -2.53. The van der Waals surface area contributed by atoms with Gasteiger partial charge < -0.3 is 20.3 Å². The average Bonchev–Trinajstić information content (AvgIpc) is 2.77. The second-order valence-electron chi connectivity index (χ2n) is 6.94. The first-order valence-corrected chi connectivity index (χ1v) is 10.3. The SMILES string of the molecule is CCNC(=NCc1ccc(N2CCOCC2)cc1)NCc1ccccc1CC. The van der Waals surface area contributed by atoms with Gasteiger partial charge in [0.2, 0.25) is 0 Å². The van der Waals surface area contributed by atoms with Gasteiger partial charge in [-0.3, -0.25) is 0 Å². The van der Waals surface area contributed by atoms with Crippen LogP contribution in [0.5, 0.6) is 0 Å². The maximum absolute atomic E-state index is 5.43. The third-order valence-corrected chi connectivity index (χ3v) is 5.02. The zero-order chi connectivity index (χ0) is 19.6. The van der Waals surface area contributed by atoms with Crippen molar-refractivity contribution in [3.05, 3.63) is 65.2 Å². The van der Waals surface area contributed by atoms with Crippen LogP contribution in [-0.4, -0.2) is 38.8 Å². The molecule has 0 bridgehead atoms. The Morgan fingerprint density at radius 1 is 0.964 bits per heavy atom. The molecule has 0 spiro atoms. The highest BCUT2D eigenvalue weighted by molar-refractivity contribution is 5.79. The van der Waals surface area contributed by atoms with E-state index in [1.807, 2.05) is 0 Å². The van der Waals surface area contributed by atoms with Crippen LogP contribution in [0, 0.1) is 0 Å². The van der Waals surface area contributed by atoms with Gasteiger partial charge in [-0.05, 0) is 42.2 Å². The minimum absolute atomic E-state index is 0.661. The van der Waals surface area contributed by atoms with E-state index in [0.29, 0.717) is 6.54 Å². The molecule has 2 aromatic rings. The van der Waals surface area contributed by atoms with Crippen LogP contribution in [0.15, 0.2) is 53.5 Å². The number of morpholine rings is 1. The molecule has 28 heavy (non-hydrogen) atoms. The molecule has 0 atom stereocenters. The number of ether oxygens (including phenoxy) is 1. The molecule has 1 saturated heterocycles. The molecule has 1 aliphatic heterocycles. The van der Waals surface area contributed by atoms with Gasteiger partial charge in [-0.1, -0.05) is 43.3 Å². The number of nitrogens with zero attached hydrogens (tertiary/aromatic N) is 2. The number of nitrogens with one attached hydrogen (secondary N) is 2. The van der Waals surface area contributed by atoms with Gasteiger partial charge in [0.25, 0.3) is 0 Å². The van der Waals surface area contributed by atoms with Gasteiger partial charge in [0.05, 0.1) is 19.8 Å². The standard InChI is InChI=1S/C23H32N4O/c1-3-20-7-5-6-8-21(20)18-26-23(24-4-2)25-17-19-9-11-22(12-10-19)27-13-15-28-16-14-27/h5-12H,3-4,13-18H2,1-2H3,(H2,24,25,26). The minimum Gasteiger partial charge on any atom is -0.378 e. The molecule has 1 aliphatic rings. The number of hydrogen-bond acceptors (Lipinski definition) is 3. The molecule has 2 N–H and O–H groups in total. The molecule has 0 saturated carbocycles. The van der Waals surface area contributed by atoms with Gasteiger partial charge in [-0.15, -0.1) is 0 Å². The Bertz CT molecular complexity index is 751. The van der Waals surface area contributed by atoms with Crippen molar-refractivity contribution in [3.8, 4) is 0 Å². The van der Waals surface area contributed by atoms with Crippen molar-refractivity contribution in [2.75, 3.05) is 37.7 Å². The molecule has 2 aromatic carbocycles. The van der Waals surface area contributed by atoms with Gasteiger partial charge in [-0.25, -0.2) is 4.99 Å². The van der Waals surface area contributed by atoms with Crippen molar-refractivity contribution in [1.82, 2.24) is 10.6 Å². The lowest BCUT2D eigenvalue weighted by Gasteiger charge is -2.28. The third kappa shape index (κ3) is 5.73. The van der Waals surface area contributed by atoms with E-state index in [1.54, 1.807) is 0 Å². The highest BCUT2D eigenvalue weighted by Gasteiger charge is 2.10. The first-order chi connectivity index (χ1) is 13.8. The Balaban J connectivity index is 1.59. The van der Waals surface area contributed by atoms with Crippen molar-refractivity contribution in [2.45, 2.75) is 33.4 Å². The number of anilines is 1. The number of guanidine groups is 1. The quantitative estimate of drug-likeness (QED) is 0.571. The summed E-state index contributed by atoms with van der Waals surface area (Å²) in [5, 5.41) is 6.80. The highest BCUT2D eigenvalue weighted by atomic mass is 16.5. The summed E-state index contributed by atoms with van der Waals surface area (Å²) in [5.41, 5.74) is 5.18. The molecule has 0 aliphatic carbocycles. The van der Waals surface area contributed by atoms with Crippen LogP contribution in [-0.2, 0) is 24.2 Å². The normalized spacial score (nSPS) is 14.8. The van der Waals surface area contributed by atoms with E-state index < -0.39 is 0 Å². The maximum Gasteiger partial charge on any atom is 0.191 e. The van der Waals surface area contributed by atoms with E-state index in [-0.39, 0.29) is 0 Å². The molecule has 5 nitrogen and oxygen atoms in total. The van der Waals surface area contributed by atoms with E-state index in [0.717, 1.165) is 51.8 Å². The maximum atomic E-state index is 5.43. The van der Waals surface area contributed by atoms with E-state index in [4.69, 9.17) is 9.73 Å². The van der Waals surface area contributed by atoms with Crippen LogP contribution >= 0.6 is 0 Å². The Morgan fingerprint density at radius 3 is 2.36 bits per heavy atom. The van der Waals surface area contributed by atoms with Gasteiger partial charge in [0.1, 0.15) is 0 Å². The topological polar surface area (TPSA) is 48.9 Å². The number of hydrogen-bond donors (Lipinski definition) is 2. The summed E-state index contributed by atoms with van der Waals surface area (Å²) in [6, 6.07) is 17.3. The van der Waals surface area contributed by atoms with E-state index in [2.05, 4.69) is 77.9 Å². The second-order valence-corrected chi connectivity index (χ2v) is 6.94. The summed E-state index contributed by atoms with van der Waals surface area (Å²) in [7, 11) is 0. The monoisotopic (exact) mass is 380 g/mol. The van der Waals surface area contributed by atoms with E-state index in [1.165, 1.54) is 22.4 Å². The molecule has 0 aromatic heterocycles. The van der Waals surface area contributed by atoms with Crippen LogP contribution in [0.3, 0.4) is 0 Å². The minimum atomic E-state index is 0.661. The lowest BCUT2D eigenvalue weighted by atomic mass is 10.1. The van der Waals surface area contributed by atoms with Gasteiger partial charge in [0, 0.05) is 31.9 Å². The first-order valence-electron chi connectivity index (χ1n) is 10.3. The molecule has 0 radical (unpaired) electrons. The summed E-state index contributed by atoms with van der Waals surface area (Å²) >= 11 is 0. The summed E-state index contributed by atoms with van der Waals surface area (Å²) in [6.45, 7) is 10.1. The Morgan fingerprint density at radius 2 is 1.68 bits per heavy atom. The van der Waals surface area contributed by atoms with Gasteiger partial charge in [0.15, 0.2) is 5.96 Å². The molecule has 5 heteroatoms. The number of aliphatic imine (C=N–C) groups is 1. The third-order valence-electron chi connectivity index (χ3n) is 5.02. The van der Waals surface area contributed by atoms with Crippen molar-refractivity contribution >= 4 is 11.6 Å². The van der Waals surface area contributed by atoms with E-state index >= 15 is 0 Å². The first kappa shape index (κ1) is 20.2. The summed E-state index contributed by atoms with van der Waals surface area (Å²) in [4.78, 5) is 7.13. The Labute approximate surface area is 168 Å². The van der Waals surface area contributed by atoms with Crippen molar-refractivity contribution in [3.63, 3.8) is 0 Å². The summed E-state index contributed by atoms with van der Waals surface area (Å²) in [6.07, 6.45) is 1.04. The molecule has 1 fully saturated rings. The predicted octanol–water partition coefficient (Wildman–Crippen LogP) is 3.34. The van der Waals surface area contributed by atoms with Crippen molar-refractivity contribution in [2.24, 2.45) is 4.99 Å². The number of rotatable bonds is 7. The van der Waals surface area contributed by atoms with Crippen LogP contribution < -0.4 is 15.5 Å². The van der Waals surface area contributed by atoms with Crippen LogP contribution in [0.4, 0.5) is 5.69 Å². The molecule has 1 heterocycles. The van der Waals surface area contributed by atoms with Crippen LogP contribution in [0.1, 0.15) is 30.5 Å². The zero-order valence-electron chi connectivity index (χ0n) is 17.1. The average molecular weight is 381 g/mol. The van der Waals surface area contributed by atoms with Crippen LogP contribution in [0.2, 0.25) is 0 Å². The number of benzene rings is 2. The van der Waals surface area contributed by atoms with Gasteiger partial charge >= 0.3 is 0 Å². The largest absolute Gasteiger partial charge is 0.378 e. The van der Waals surface area contributed by atoms with Gasteiger partial charge in [-0.2, -0.15) is 0 Å². The van der Waals surface area contributed by atoms with E-state index in [9.17, 15) is 0 Å². The Kier molecular flexibility index (Phi) is 7.73. The summed E-state index contributed by atoms with van der Waals surface area (Å²) < 4.78 is 5.43. The smallest absolute Gasteiger partial charge is 0.191 e. The molecular weight excluding hydrogens is 348 g/mol. The lowest BCUT2D eigenvalue weighted by Crippen LogP contribution is -2.37. The number of aryl methyl sites for hydroxylation is 1. The molecule has 0 unspecified atom stereocenters. The van der Waals surface area contributed by atoms with Crippen molar-refractivity contribution < 1.29 is 4.74 Å². The highest BCUT2D eigenvalue weighted by Crippen LogP contribution is 2.17. The predicted molar refractivity (Wildman–Crippen MR) is 117 cm³/mol. The fraction of sp³-hybridized carbons (Fsp3) is 0.435. The van der Waals surface area contributed by atoms with Crippen LogP contribution in [0.25, 0.3) is 0 Å². The molecular formula is C23H32N4O. The fourth-order valence-electron chi connectivity index (χ4n) is 3.40. The molecule has 0 amide bonds. The summed E-state index contributed by atoms with van der Waals surface area (Å²) in [5.74, 6) is 0.852. The zero-order valence-corrected chi connectivity index (χ0v) is 17.1.